The molecule has 0 aromatic heterocycles. The molecule has 4 heteroatoms. The summed E-state index contributed by atoms with van der Waals surface area (Å²) in [5, 5.41) is 5.02. The lowest BCUT2D eigenvalue weighted by atomic mass is 9.96. The largest absolute Gasteiger partial charge is 0.332 e. The number of carbonyl (C=O) groups excluding carboxylic acids is 1. The molecule has 0 unspecified atom stereocenters. The minimum atomic E-state index is -0.236. The van der Waals surface area contributed by atoms with E-state index in [1.807, 2.05) is 11.4 Å². The smallest absolute Gasteiger partial charge is 0.279 e. The van der Waals surface area contributed by atoms with Gasteiger partial charge in [-0.05, 0) is 54.7 Å². The molecule has 0 fully saturated rings. The van der Waals surface area contributed by atoms with Gasteiger partial charge in [0.15, 0.2) is 6.54 Å². The normalized spacial score (nSPS) is 14.4. The SMILES string of the molecule is CC(C)[C@H]([NH2+]CC(=O)Nc1ccc2c(c1)CCC2)c1ccc(F)cc1. The molecule has 25 heavy (non-hydrogen) atoms. The van der Waals surface area contributed by atoms with E-state index in [-0.39, 0.29) is 17.8 Å². The number of quaternary nitrogens is 1. The van der Waals surface area contributed by atoms with Gasteiger partial charge in [0.25, 0.3) is 5.91 Å². The van der Waals surface area contributed by atoms with Crippen molar-refractivity contribution in [2.75, 3.05) is 11.9 Å². The molecule has 0 aliphatic heterocycles. The first kappa shape index (κ1) is 17.6. The Bertz CT molecular complexity index is 740. The predicted octanol–water partition coefficient (Wildman–Crippen LogP) is 3.21. The quantitative estimate of drug-likeness (QED) is 0.833. The summed E-state index contributed by atoms with van der Waals surface area (Å²) in [6, 6.07) is 12.9. The number of fused-ring (bicyclic) bond motifs is 1. The zero-order valence-corrected chi connectivity index (χ0v) is 14.9. The first-order chi connectivity index (χ1) is 12.0. The summed E-state index contributed by atoms with van der Waals surface area (Å²) in [6.07, 6.45) is 3.45. The molecule has 1 atom stereocenters. The van der Waals surface area contributed by atoms with Crippen molar-refractivity contribution >= 4 is 11.6 Å². The molecule has 3 N–H and O–H groups in total. The summed E-state index contributed by atoms with van der Waals surface area (Å²) in [6.45, 7) is 4.57. The van der Waals surface area contributed by atoms with Gasteiger partial charge >= 0.3 is 0 Å². The maximum Gasteiger partial charge on any atom is 0.279 e. The van der Waals surface area contributed by atoms with Crippen molar-refractivity contribution in [3.05, 3.63) is 65.0 Å². The van der Waals surface area contributed by atoms with Gasteiger partial charge in [-0.1, -0.05) is 32.0 Å². The number of benzene rings is 2. The highest BCUT2D eigenvalue weighted by Crippen LogP contribution is 2.24. The summed E-state index contributed by atoms with van der Waals surface area (Å²) in [4.78, 5) is 12.3. The van der Waals surface area contributed by atoms with Crippen molar-refractivity contribution in [2.45, 2.75) is 39.2 Å². The fourth-order valence-electron chi connectivity index (χ4n) is 3.57. The average molecular weight is 341 g/mol. The van der Waals surface area contributed by atoms with Crippen LogP contribution in [0.5, 0.6) is 0 Å². The second kappa shape index (κ2) is 7.79. The van der Waals surface area contributed by atoms with E-state index in [0.717, 1.165) is 24.1 Å². The van der Waals surface area contributed by atoms with Gasteiger partial charge in [0.2, 0.25) is 0 Å². The van der Waals surface area contributed by atoms with Crippen LogP contribution in [0.15, 0.2) is 42.5 Å². The summed E-state index contributed by atoms with van der Waals surface area (Å²) in [5.74, 6) is 0.101. The number of halogens is 1. The predicted molar refractivity (Wildman–Crippen MR) is 97.9 cm³/mol. The number of nitrogens with one attached hydrogen (secondary N) is 1. The Hall–Kier alpha value is -2.20. The van der Waals surface area contributed by atoms with Gasteiger partial charge < -0.3 is 10.6 Å². The molecular formula is C21H26FN2O+. The third-order valence-corrected chi connectivity index (χ3v) is 4.91. The van der Waals surface area contributed by atoms with Gasteiger partial charge in [0, 0.05) is 17.2 Å². The summed E-state index contributed by atoms with van der Waals surface area (Å²) >= 11 is 0. The highest BCUT2D eigenvalue weighted by Gasteiger charge is 2.21. The van der Waals surface area contributed by atoms with Crippen LogP contribution in [0.2, 0.25) is 0 Å². The number of carbonyl (C=O) groups is 1. The van der Waals surface area contributed by atoms with Crippen molar-refractivity contribution in [3.8, 4) is 0 Å². The number of aryl methyl sites for hydroxylation is 2. The van der Waals surface area contributed by atoms with Crippen LogP contribution in [0.1, 0.15) is 43.0 Å². The van der Waals surface area contributed by atoms with Crippen molar-refractivity contribution < 1.29 is 14.5 Å². The van der Waals surface area contributed by atoms with Crippen molar-refractivity contribution in [1.82, 2.24) is 0 Å². The Morgan fingerprint density at radius 3 is 2.56 bits per heavy atom. The highest BCUT2D eigenvalue weighted by molar-refractivity contribution is 5.91. The van der Waals surface area contributed by atoms with Crippen LogP contribution < -0.4 is 10.6 Å². The van der Waals surface area contributed by atoms with E-state index in [9.17, 15) is 9.18 Å². The molecule has 0 spiro atoms. The van der Waals surface area contributed by atoms with Crippen LogP contribution in [-0.4, -0.2) is 12.5 Å². The Balaban J connectivity index is 1.59. The standard InChI is InChI=1S/C21H25FN2O/c1-14(2)21(16-6-9-18(22)10-7-16)23-13-20(25)24-19-11-8-15-4-3-5-17(15)12-19/h6-12,14,21,23H,3-5,13H2,1-2H3,(H,24,25)/p+1/t21-/m0/s1. The lowest BCUT2D eigenvalue weighted by Gasteiger charge is -2.19. The van der Waals surface area contributed by atoms with Crippen LogP contribution in [0.3, 0.4) is 0 Å². The van der Waals surface area contributed by atoms with Crippen LogP contribution >= 0.6 is 0 Å². The topological polar surface area (TPSA) is 45.7 Å². The highest BCUT2D eigenvalue weighted by atomic mass is 19.1. The molecule has 3 rings (SSSR count). The average Bonchev–Trinajstić information content (AvgIpc) is 3.04. The molecule has 0 bridgehead atoms. The van der Waals surface area contributed by atoms with Gasteiger partial charge in [0.05, 0.1) is 0 Å². The van der Waals surface area contributed by atoms with Crippen molar-refractivity contribution in [1.29, 1.82) is 0 Å². The Labute approximate surface area is 148 Å². The first-order valence-electron chi connectivity index (χ1n) is 9.03. The van der Waals surface area contributed by atoms with E-state index >= 15 is 0 Å². The number of rotatable bonds is 6. The van der Waals surface area contributed by atoms with Crippen LogP contribution in [-0.2, 0) is 17.6 Å². The molecular weight excluding hydrogens is 315 g/mol. The lowest BCUT2D eigenvalue weighted by Crippen LogP contribution is -2.88. The zero-order chi connectivity index (χ0) is 17.8. The Morgan fingerprint density at radius 2 is 1.84 bits per heavy atom. The Morgan fingerprint density at radius 1 is 1.12 bits per heavy atom. The molecule has 1 amide bonds. The summed E-state index contributed by atoms with van der Waals surface area (Å²) in [5.41, 5.74) is 4.68. The molecule has 3 nitrogen and oxygen atoms in total. The number of hydrogen-bond donors (Lipinski definition) is 2. The first-order valence-corrected chi connectivity index (χ1v) is 9.03. The summed E-state index contributed by atoms with van der Waals surface area (Å²) < 4.78 is 13.1. The molecule has 0 saturated heterocycles. The maximum absolute atomic E-state index is 13.1. The number of hydrogen-bond acceptors (Lipinski definition) is 1. The van der Waals surface area contributed by atoms with Gasteiger partial charge in [-0.2, -0.15) is 0 Å². The third-order valence-electron chi connectivity index (χ3n) is 4.91. The van der Waals surface area contributed by atoms with E-state index < -0.39 is 0 Å². The van der Waals surface area contributed by atoms with Gasteiger partial charge in [-0.15, -0.1) is 0 Å². The van der Waals surface area contributed by atoms with E-state index in [2.05, 4.69) is 31.3 Å². The second-order valence-corrected chi connectivity index (χ2v) is 7.15. The van der Waals surface area contributed by atoms with Gasteiger partial charge in [-0.3, -0.25) is 4.79 Å². The molecule has 2 aromatic carbocycles. The number of nitrogens with two attached hydrogens (primary N) is 1. The van der Waals surface area contributed by atoms with E-state index in [1.54, 1.807) is 12.1 Å². The second-order valence-electron chi connectivity index (χ2n) is 7.15. The van der Waals surface area contributed by atoms with Gasteiger partial charge in [0.1, 0.15) is 11.9 Å². The van der Waals surface area contributed by atoms with Crippen LogP contribution in [0.4, 0.5) is 10.1 Å². The minimum Gasteiger partial charge on any atom is -0.332 e. The van der Waals surface area contributed by atoms with Crippen LogP contribution in [0, 0.1) is 11.7 Å². The number of anilines is 1. The van der Waals surface area contributed by atoms with Crippen LogP contribution in [0.25, 0.3) is 0 Å². The molecule has 0 heterocycles. The molecule has 0 saturated carbocycles. The maximum atomic E-state index is 13.1. The number of amides is 1. The molecule has 1 aliphatic carbocycles. The fraction of sp³-hybridized carbons (Fsp3) is 0.381. The Kier molecular flexibility index (Phi) is 5.49. The zero-order valence-electron chi connectivity index (χ0n) is 14.9. The lowest BCUT2D eigenvalue weighted by molar-refractivity contribution is -0.692. The third kappa shape index (κ3) is 4.45. The van der Waals surface area contributed by atoms with Crippen molar-refractivity contribution in [3.63, 3.8) is 0 Å². The van der Waals surface area contributed by atoms with E-state index in [4.69, 9.17) is 0 Å². The van der Waals surface area contributed by atoms with E-state index in [0.29, 0.717) is 12.5 Å². The molecule has 0 radical (unpaired) electrons. The molecule has 2 aromatic rings. The summed E-state index contributed by atoms with van der Waals surface area (Å²) in [7, 11) is 0. The molecule has 132 valence electrons. The van der Waals surface area contributed by atoms with Gasteiger partial charge in [-0.25, -0.2) is 4.39 Å². The fourth-order valence-corrected chi connectivity index (χ4v) is 3.57. The van der Waals surface area contributed by atoms with Crippen molar-refractivity contribution in [2.24, 2.45) is 5.92 Å². The van der Waals surface area contributed by atoms with E-state index in [1.165, 1.54) is 29.7 Å². The molecule has 1 aliphatic rings. The minimum absolute atomic E-state index is 0.00860. The monoisotopic (exact) mass is 341 g/mol.